The molecular formula is C17H23O3P. The summed E-state index contributed by atoms with van der Waals surface area (Å²) in [4.78, 5) is 0. The van der Waals surface area contributed by atoms with Gasteiger partial charge in [0.1, 0.15) is 5.60 Å². The average Bonchev–Trinajstić information content (AvgIpc) is 2.69. The second-order valence-corrected chi connectivity index (χ2v) is 7.99. The van der Waals surface area contributed by atoms with Crippen LogP contribution >= 0.6 is 7.60 Å². The van der Waals surface area contributed by atoms with E-state index < -0.39 is 13.2 Å². The lowest BCUT2D eigenvalue weighted by Crippen LogP contribution is -2.32. The van der Waals surface area contributed by atoms with E-state index in [4.69, 9.17) is 9.05 Å². The van der Waals surface area contributed by atoms with Gasteiger partial charge in [0.25, 0.3) is 0 Å². The molecule has 0 aromatic heterocycles. The maximum Gasteiger partial charge on any atom is 0.358 e. The van der Waals surface area contributed by atoms with Crippen LogP contribution in [0.5, 0.6) is 0 Å². The molecule has 1 spiro atoms. The van der Waals surface area contributed by atoms with E-state index in [9.17, 15) is 4.57 Å². The molecule has 0 N–H and O–H groups in total. The summed E-state index contributed by atoms with van der Waals surface area (Å²) in [5.74, 6) is 0. The van der Waals surface area contributed by atoms with Crippen molar-refractivity contribution < 1.29 is 13.6 Å². The van der Waals surface area contributed by atoms with Crippen molar-refractivity contribution in [3.05, 3.63) is 41.2 Å². The number of rotatable bonds is 3. The van der Waals surface area contributed by atoms with Gasteiger partial charge in [0.15, 0.2) is 0 Å². The zero-order valence-corrected chi connectivity index (χ0v) is 13.7. The Morgan fingerprint density at radius 2 is 1.86 bits per heavy atom. The first-order chi connectivity index (χ1) is 10.1. The number of benzene rings is 1. The largest absolute Gasteiger partial charge is 0.358 e. The van der Waals surface area contributed by atoms with Crippen LogP contribution in [0.3, 0.4) is 0 Å². The lowest BCUT2D eigenvalue weighted by atomic mass is 9.77. The molecule has 0 radical (unpaired) electrons. The summed E-state index contributed by atoms with van der Waals surface area (Å²) in [7, 11) is -3.14. The van der Waals surface area contributed by atoms with Gasteiger partial charge in [0, 0.05) is 10.9 Å². The SMILES string of the molecule is CCO[P@]1(=O)OC2(CCCCC2)C(c2ccccc2)=C1C. The van der Waals surface area contributed by atoms with Crippen molar-refractivity contribution in [2.75, 3.05) is 6.61 Å². The Hall–Kier alpha value is -0.890. The summed E-state index contributed by atoms with van der Waals surface area (Å²) in [5.41, 5.74) is 1.82. The fourth-order valence-corrected chi connectivity index (χ4v) is 5.71. The predicted octanol–water partition coefficient (Wildman–Crippen LogP) is 5.38. The molecule has 3 nitrogen and oxygen atoms in total. The molecule has 1 heterocycles. The lowest BCUT2D eigenvalue weighted by Gasteiger charge is -2.35. The minimum absolute atomic E-state index is 0.408. The molecule has 1 aromatic carbocycles. The van der Waals surface area contributed by atoms with Gasteiger partial charge < -0.3 is 4.52 Å². The molecule has 1 aromatic rings. The molecule has 0 bridgehead atoms. The molecular weight excluding hydrogens is 283 g/mol. The highest BCUT2D eigenvalue weighted by molar-refractivity contribution is 7.59. The van der Waals surface area contributed by atoms with E-state index in [1.807, 2.05) is 32.0 Å². The lowest BCUT2D eigenvalue weighted by molar-refractivity contribution is 0.0757. The fourth-order valence-electron chi connectivity index (χ4n) is 3.64. The Kier molecular flexibility index (Phi) is 4.09. The molecule has 1 atom stereocenters. The molecule has 1 aliphatic heterocycles. The second-order valence-electron chi connectivity index (χ2n) is 5.89. The summed E-state index contributed by atoms with van der Waals surface area (Å²) in [6.45, 7) is 4.19. The van der Waals surface area contributed by atoms with Crippen molar-refractivity contribution in [2.24, 2.45) is 0 Å². The van der Waals surface area contributed by atoms with Gasteiger partial charge in [-0.15, -0.1) is 0 Å². The monoisotopic (exact) mass is 306 g/mol. The van der Waals surface area contributed by atoms with Crippen LogP contribution in [0.2, 0.25) is 0 Å². The van der Waals surface area contributed by atoms with Gasteiger partial charge in [-0.2, -0.15) is 0 Å². The molecule has 3 rings (SSSR count). The maximum atomic E-state index is 13.1. The minimum atomic E-state index is -3.14. The van der Waals surface area contributed by atoms with Crippen LogP contribution in [-0.4, -0.2) is 12.2 Å². The molecule has 0 amide bonds. The Morgan fingerprint density at radius 3 is 2.48 bits per heavy atom. The van der Waals surface area contributed by atoms with Crippen LogP contribution in [0.25, 0.3) is 5.57 Å². The molecule has 2 aliphatic rings. The van der Waals surface area contributed by atoms with Gasteiger partial charge in [0.2, 0.25) is 0 Å². The van der Waals surface area contributed by atoms with Crippen LogP contribution in [0.4, 0.5) is 0 Å². The third-order valence-electron chi connectivity index (χ3n) is 4.55. The fraction of sp³-hybridized carbons (Fsp3) is 0.529. The van der Waals surface area contributed by atoms with Crippen molar-refractivity contribution in [3.8, 4) is 0 Å². The average molecular weight is 306 g/mol. The summed E-state index contributed by atoms with van der Waals surface area (Å²) in [6, 6.07) is 10.2. The molecule has 4 heteroatoms. The standard InChI is InChI=1S/C17H23O3P/c1-3-19-21(18)14(2)16(15-10-6-4-7-11-15)17(20-21)12-8-5-9-13-17/h4,6-7,10-11H,3,5,8-9,12-13H2,1-2H3/t21-/m0/s1. The summed E-state index contributed by atoms with van der Waals surface area (Å²) >= 11 is 0. The summed E-state index contributed by atoms with van der Waals surface area (Å²) < 4.78 is 24.8. The Bertz CT molecular complexity index is 585. The topological polar surface area (TPSA) is 35.5 Å². The maximum absolute atomic E-state index is 13.1. The van der Waals surface area contributed by atoms with Crippen molar-refractivity contribution in [3.63, 3.8) is 0 Å². The van der Waals surface area contributed by atoms with Crippen molar-refractivity contribution in [1.29, 1.82) is 0 Å². The minimum Gasteiger partial charge on any atom is -0.306 e. The predicted molar refractivity (Wildman–Crippen MR) is 85.2 cm³/mol. The van der Waals surface area contributed by atoms with Gasteiger partial charge in [-0.05, 0) is 32.3 Å². The summed E-state index contributed by atoms with van der Waals surface area (Å²) in [6.07, 6.45) is 5.34. The third-order valence-corrected chi connectivity index (χ3v) is 6.78. The van der Waals surface area contributed by atoms with Crippen LogP contribution in [0.15, 0.2) is 35.6 Å². The number of hydrogen-bond donors (Lipinski definition) is 0. The van der Waals surface area contributed by atoms with Crippen LogP contribution in [0, 0.1) is 0 Å². The van der Waals surface area contributed by atoms with Gasteiger partial charge >= 0.3 is 7.60 Å². The Balaban J connectivity index is 2.12. The number of allylic oxidation sites excluding steroid dienone is 1. The molecule has 1 aliphatic carbocycles. The molecule has 0 saturated heterocycles. The molecule has 0 unspecified atom stereocenters. The highest BCUT2D eigenvalue weighted by Gasteiger charge is 2.52. The number of hydrogen-bond acceptors (Lipinski definition) is 3. The van der Waals surface area contributed by atoms with E-state index in [-0.39, 0.29) is 0 Å². The normalized spacial score (nSPS) is 28.3. The van der Waals surface area contributed by atoms with Gasteiger partial charge in [0.05, 0.1) is 6.61 Å². The second kappa shape index (κ2) is 5.72. The summed E-state index contributed by atoms with van der Waals surface area (Å²) in [5, 5.41) is 0.803. The Labute approximate surface area is 126 Å². The van der Waals surface area contributed by atoms with Crippen LogP contribution in [0.1, 0.15) is 51.5 Å². The van der Waals surface area contributed by atoms with Crippen LogP contribution in [-0.2, 0) is 13.6 Å². The van der Waals surface area contributed by atoms with E-state index in [0.29, 0.717) is 6.61 Å². The molecule has 1 fully saturated rings. The van der Waals surface area contributed by atoms with E-state index in [0.717, 1.165) is 42.1 Å². The van der Waals surface area contributed by atoms with E-state index >= 15 is 0 Å². The molecule has 114 valence electrons. The van der Waals surface area contributed by atoms with E-state index in [1.54, 1.807) is 0 Å². The van der Waals surface area contributed by atoms with E-state index in [2.05, 4.69) is 12.1 Å². The van der Waals surface area contributed by atoms with Gasteiger partial charge in [-0.1, -0.05) is 49.6 Å². The van der Waals surface area contributed by atoms with Crippen LogP contribution < -0.4 is 0 Å². The van der Waals surface area contributed by atoms with Crippen molar-refractivity contribution in [2.45, 2.75) is 51.6 Å². The Morgan fingerprint density at radius 1 is 1.19 bits per heavy atom. The van der Waals surface area contributed by atoms with Crippen molar-refractivity contribution in [1.82, 2.24) is 0 Å². The highest BCUT2D eigenvalue weighted by Crippen LogP contribution is 2.70. The zero-order chi connectivity index (χ0) is 14.9. The highest BCUT2D eigenvalue weighted by atomic mass is 31.2. The first-order valence-corrected chi connectivity index (χ1v) is 9.38. The first-order valence-electron chi connectivity index (χ1n) is 7.84. The van der Waals surface area contributed by atoms with Crippen molar-refractivity contribution >= 4 is 13.2 Å². The quantitative estimate of drug-likeness (QED) is 0.703. The first kappa shape index (κ1) is 15.0. The zero-order valence-electron chi connectivity index (χ0n) is 12.8. The smallest absolute Gasteiger partial charge is 0.306 e. The molecule has 1 saturated carbocycles. The van der Waals surface area contributed by atoms with Gasteiger partial charge in [-0.3, -0.25) is 9.09 Å². The van der Waals surface area contributed by atoms with E-state index in [1.165, 1.54) is 6.42 Å². The van der Waals surface area contributed by atoms with Gasteiger partial charge in [-0.25, -0.2) is 0 Å². The third kappa shape index (κ3) is 2.52. The molecule has 21 heavy (non-hydrogen) atoms.